The van der Waals surface area contributed by atoms with Gasteiger partial charge < -0.3 is 15.1 Å². The number of nitrogens with zero attached hydrogens (tertiary/aromatic N) is 2. The summed E-state index contributed by atoms with van der Waals surface area (Å²) in [6, 6.07) is 0.0792. The smallest absolute Gasteiger partial charge is 0.239 e. The summed E-state index contributed by atoms with van der Waals surface area (Å²) in [7, 11) is 0. The Hall–Kier alpha value is -0.610. The van der Waals surface area contributed by atoms with Crippen LogP contribution < -0.4 is 5.32 Å². The Morgan fingerprint density at radius 3 is 2.67 bits per heavy atom. The van der Waals surface area contributed by atoms with Crippen LogP contribution in [0.4, 0.5) is 0 Å². The number of rotatable bonds is 6. The first-order valence-corrected chi connectivity index (χ1v) is 7.56. The molecule has 0 radical (unpaired) electrons. The zero-order chi connectivity index (χ0) is 12.8. The van der Waals surface area contributed by atoms with E-state index >= 15 is 0 Å². The van der Waals surface area contributed by atoms with E-state index in [0.717, 1.165) is 45.4 Å². The number of likely N-dealkylation sites (N-methyl/N-ethyl adjacent to an activating group) is 1. The lowest BCUT2D eigenvalue weighted by molar-refractivity contribution is -0.136. The van der Waals surface area contributed by atoms with Crippen molar-refractivity contribution in [1.29, 1.82) is 0 Å². The Morgan fingerprint density at radius 2 is 1.94 bits per heavy atom. The summed E-state index contributed by atoms with van der Waals surface area (Å²) in [6.07, 6.45) is 5.99. The molecule has 2 aliphatic rings. The highest BCUT2D eigenvalue weighted by Crippen LogP contribution is 2.13. The van der Waals surface area contributed by atoms with Crippen molar-refractivity contribution in [2.24, 2.45) is 0 Å². The normalized spacial score (nSPS) is 25.9. The van der Waals surface area contributed by atoms with Gasteiger partial charge in [-0.15, -0.1) is 0 Å². The molecule has 4 nitrogen and oxygen atoms in total. The van der Waals surface area contributed by atoms with E-state index in [1.54, 1.807) is 0 Å². The van der Waals surface area contributed by atoms with E-state index < -0.39 is 0 Å². The maximum atomic E-state index is 12.2. The van der Waals surface area contributed by atoms with Gasteiger partial charge in [0.2, 0.25) is 5.91 Å². The van der Waals surface area contributed by atoms with E-state index in [2.05, 4.69) is 22.0 Å². The number of hydrogen-bond acceptors (Lipinski definition) is 3. The summed E-state index contributed by atoms with van der Waals surface area (Å²) < 4.78 is 0. The minimum atomic E-state index is 0.0792. The Labute approximate surface area is 111 Å². The number of likely N-dealkylation sites (tertiary alicyclic amines) is 2. The van der Waals surface area contributed by atoms with Gasteiger partial charge in [0.1, 0.15) is 0 Å². The van der Waals surface area contributed by atoms with Gasteiger partial charge in [0.05, 0.1) is 6.04 Å². The number of piperidine rings is 1. The van der Waals surface area contributed by atoms with E-state index in [9.17, 15) is 4.79 Å². The van der Waals surface area contributed by atoms with Crippen LogP contribution in [-0.2, 0) is 4.79 Å². The van der Waals surface area contributed by atoms with Crippen LogP contribution in [-0.4, -0.2) is 61.0 Å². The number of nitrogens with one attached hydrogen (secondary N) is 1. The summed E-state index contributed by atoms with van der Waals surface area (Å²) in [4.78, 5) is 16.8. The standard InChI is InChI=1S/C14H27N3O/c1-2-15-13-7-5-11-17(14(13)18)12-6-10-16-8-3-4-9-16/h13,15H,2-12H2,1H3. The largest absolute Gasteiger partial charge is 0.341 e. The van der Waals surface area contributed by atoms with E-state index in [-0.39, 0.29) is 6.04 Å². The number of amides is 1. The first kappa shape index (κ1) is 13.8. The van der Waals surface area contributed by atoms with E-state index in [0.29, 0.717) is 5.91 Å². The predicted octanol–water partition coefficient (Wildman–Crippen LogP) is 1.07. The van der Waals surface area contributed by atoms with Gasteiger partial charge in [0.25, 0.3) is 0 Å². The third-order valence-electron chi connectivity index (χ3n) is 4.08. The van der Waals surface area contributed by atoms with Crippen molar-refractivity contribution in [1.82, 2.24) is 15.1 Å². The molecule has 0 saturated carbocycles. The highest BCUT2D eigenvalue weighted by atomic mass is 16.2. The average molecular weight is 253 g/mol. The van der Waals surface area contributed by atoms with Gasteiger partial charge in [-0.1, -0.05) is 6.92 Å². The minimum Gasteiger partial charge on any atom is -0.341 e. The summed E-state index contributed by atoms with van der Waals surface area (Å²) in [5, 5.41) is 3.29. The van der Waals surface area contributed by atoms with Crippen LogP contribution in [0.5, 0.6) is 0 Å². The first-order chi connectivity index (χ1) is 8.81. The van der Waals surface area contributed by atoms with Crippen molar-refractivity contribution < 1.29 is 4.79 Å². The highest BCUT2D eigenvalue weighted by Gasteiger charge is 2.27. The second-order valence-corrected chi connectivity index (χ2v) is 5.48. The average Bonchev–Trinajstić information content (AvgIpc) is 2.87. The van der Waals surface area contributed by atoms with Crippen LogP contribution in [0.2, 0.25) is 0 Å². The molecule has 2 rings (SSSR count). The maximum absolute atomic E-state index is 12.2. The van der Waals surface area contributed by atoms with E-state index in [1.807, 2.05) is 0 Å². The summed E-state index contributed by atoms with van der Waals surface area (Å²) in [6.45, 7) is 8.53. The van der Waals surface area contributed by atoms with Gasteiger partial charge in [0, 0.05) is 13.1 Å². The molecule has 104 valence electrons. The van der Waals surface area contributed by atoms with Crippen molar-refractivity contribution in [3.05, 3.63) is 0 Å². The lowest BCUT2D eigenvalue weighted by atomic mass is 10.0. The van der Waals surface area contributed by atoms with Crippen LogP contribution in [0.3, 0.4) is 0 Å². The molecule has 0 aromatic heterocycles. The topological polar surface area (TPSA) is 35.6 Å². The molecule has 4 heteroatoms. The predicted molar refractivity (Wildman–Crippen MR) is 73.6 cm³/mol. The number of carbonyl (C=O) groups excluding carboxylic acids is 1. The molecule has 1 unspecified atom stereocenters. The molecule has 0 bridgehead atoms. The van der Waals surface area contributed by atoms with E-state index in [1.165, 1.54) is 25.9 Å². The SMILES string of the molecule is CCNC1CCCN(CCCN2CCCC2)C1=O. The van der Waals surface area contributed by atoms with Gasteiger partial charge in [-0.2, -0.15) is 0 Å². The third kappa shape index (κ3) is 3.69. The van der Waals surface area contributed by atoms with Crippen LogP contribution in [0.25, 0.3) is 0 Å². The fraction of sp³-hybridized carbons (Fsp3) is 0.929. The molecule has 1 N–H and O–H groups in total. The van der Waals surface area contributed by atoms with Crippen LogP contribution >= 0.6 is 0 Å². The van der Waals surface area contributed by atoms with Crippen molar-refractivity contribution in [3.63, 3.8) is 0 Å². The number of carbonyl (C=O) groups is 1. The van der Waals surface area contributed by atoms with Crippen LogP contribution in [0.15, 0.2) is 0 Å². The second kappa shape index (κ2) is 7.10. The molecule has 2 saturated heterocycles. The van der Waals surface area contributed by atoms with Crippen molar-refractivity contribution in [3.8, 4) is 0 Å². The van der Waals surface area contributed by atoms with Crippen LogP contribution in [0.1, 0.15) is 39.0 Å². The van der Waals surface area contributed by atoms with Gasteiger partial charge in [0.15, 0.2) is 0 Å². The van der Waals surface area contributed by atoms with E-state index in [4.69, 9.17) is 0 Å². The first-order valence-electron chi connectivity index (χ1n) is 7.56. The van der Waals surface area contributed by atoms with Gasteiger partial charge in [-0.25, -0.2) is 0 Å². The maximum Gasteiger partial charge on any atom is 0.239 e. The van der Waals surface area contributed by atoms with Gasteiger partial charge in [-0.05, 0) is 58.3 Å². The Kier molecular flexibility index (Phi) is 5.45. The molecule has 2 heterocycles. The summed E-state index contributed by atoms with van der Waals surface area (Å²) in [5.74, 6) is 0.324. The summed E-state index contributed by atoms with van der Waals surface area (Å²) in [5.41, 5.74) is 0. The van der Waals surface area contributed by atoms with Gasteiger partial charge >= 0.3 is 0 Å². The van der Waals surface area contributed by atoms with Crippen molar-refractivity contribution in [2.45, 2.75) is 45.1 Å². The molecule has 1 amide bonds. The highest BCUT2D eigenvalue weighted by molar-refractivity contribution is 5.82. The molecule has 0 spiro atoms. The van der Waals surface area contributed by atoms with Crippen LogP contribution in [0, 0.1) is 0 Å². The molecule has 2 fully saturated rings. The number of hydrogen-bond donors (Lipinski definition) is 1. The zero-order valence-electron chi connectivity index (χ0n) is 11.7. The summed E-state index contributed by atoms with van der Waals surface area (Å²) >= 11 is 0. The quantitative estimate of drug-likeness (QED) is 0.769. The Morgan fingerprint density at radius 1 is 1.17 bits per heavy atom. The lowest BCUT2D eigenvalue weighted by Gasteiger charge is -2.33. The second-order valence-electron chi connectivity index (χ2n) is 5.48. The molecule has 1 atom stereocenters. The minimum absolute atomic E-state index is 0.0792. The van der Waals surface area contributed by atoms with Crippen molar-refractivity contribution >= 4 is 5.91 Å². The Bertz CT molecular complexity index is 262. The molecule has 0 aromatic carbocycles. The van der Waals surface area contributed by atoms with Crippen molar-refractivity contribution in [2.75, 3.05) is 39.3 Å². The fourth-order valence-corrected chi connectivity index (χ4v) is 3.09. The molecule has 0 aromatic rings. The lowest BCUT2D eigenvalue weighted by Crippen LogP contribution is -2.51. The molecular formula is C14H27N3O. The molecule has 0 aliphatic carbocycles. The molecular weight excluding hydrogens is 226 g/mol. The monoisotopic (exact) mass is 253 g/mol. The molecule has 2 aliphatic heterocycles. The zero-order valence-corrected chi connectivity index (χ0v) is 11.7. The third-order valence-corrected chi connectivity index (χ3v) is 4.08. The Balaban J connectivity index is 1.69. The molecule has 18 heavy (non-hydrogen) atoms. The van der Waals surface area contributed by atoms with Gasteiger partial charge in [-0.3, -0.25) is 4.79 Å². The fourth-order valence-electron chi connectivity index (χ4n) is 3.09.